The molecule has 0 radical (unpaired) electrons. The van der Waals surface area contributed by atoms with Gasteiger partial charge in [0.15, 0.2) is 5.60 Å². The van der Waals surface area contributed by atoms with Crippen molar-refractivity contribution in [2.45, 2.75) is 56.9 Å². The van der Waals surface area contributed by atoms with Crippen LogP contribution < -0.4 is 5.43 Å². The Kier molecular flexibility index (Phi) is 8.69. The topological polar surface area (TPSA) is 124 Å². The first-order valence-corrected chi connectivity index (χ1v) is 12.2. The van der Waals surface area contributed by atoms with Crippen molar-refractivity contribution in [3.8, 4) is 6.07 Å². The zero-order valence-corrected chi connectivity index (χ0v) is 20.4. The molecule has 0 bridgehead atoms. The minimum Gasteiger partial charge on any atom is -0.390 e. The molecule has 2 aromatic carbocycles. The van der Waals surface area contributed by atoms with Crippen molar-refractivity contribution in [3.05, 3.63) is 70.8 Å². The molecule has 2 aliphatic rings. The van der Waals surface area contributed by atoms with E-state index in [0.29, 0.717) is 31.9 Å². The van der Waals surface area contributed by atoms with E-state index in [4.69, 9.17) is 19.5 Å². The van der Waals surface area contributed by atoms with Crippen molar-refractivity contribution >= 4 is 5.91 Å². The van der Waals surface area contributed by atoms with Gasteiger partial charge in [-0.25, -0.2) is 5.01 Å². The molecular weight excluding hydrogens is 462 g/mol. The number of nitrogens with zero attached hydrogens (tertiary/aromatic N) is 2. The SMILES string of the molecule is Cc1ccccc1CO[C@]1(C(=O)NN2CCOCC2)CC(OCc2ccc(C#N)cc2)[C@H](O)[C@H](O)C1. The van der Waals surface area contributed by atoms with Crippen LogP contribution in [0.4, 0.5) is 0 Å². The Hall–Kier alpha value is -2.84. The molecule has 9 heteroatoms. The lowest BCUT2D eigenvalue weighted by Crippen LogP contribution is -2.63. The Morgan fingerprint density at radius 1 is 1.14 bits per heavy atom. The molecule has 1 heterocycles. The minimum atomic E-state index is -1.41. The van der Waals surface area contributed by atoms with E-state index >= 15 is 0 Å². The van der Waals surface area contributed by atoms with Gasteiger partial charge in [0.25, 0.3) is 5.91 Å². The number of benzene rings is 2. The van der Waals surface area contributed by atoms with Crippen molar-refractivity contribution in [2.75, 3.05) is 26.3 Å². The number of carbonyl (C=O) groups is 1. The molecule has 2 aromatic rings. The summed E-state index contributed by atoms with van der Waals surface area (Å²) < 4.78 is 17.7. The highest BCUT2D eigenvalue weighted by atomic mass is 16.5. The maximum atomic E-state index is 13.6. The number of hydrazine groups is 1. The van der Waals surface area contributed by atoms with Crippen LogP contribution in [0, 0.1) is 18.3 Å². The molecule has 4 rings (SSSR count). The number of carbonyl (C=O) groups excluding carboxylic acids is 1. The maximum Gasteiger partial charge on any atom is 0.266 e. The Morgan fingerprint density at radius 2 is 1.86 bits per heavy atom. The van der Waals surface area contributed by atoms with Crippen LogP contribution in [0.25, 0.3) is 0 Å². The molecule has 36 heavy (non-hydrogen) atoms. The summed E-state index contributed by atoms with van der Waals surface area (Å²) in [6.45, 7) is 4.41. The number of amides is 1. The van der Waals surface area contributed by atoms with Gasteiger partial charge in [-0.3, -0.25) is 10.2 Å². The van der Waals surface area contributed by atoms with E-state index in [1.165, 1.54) is 0 Å². The molecule has 3 N–H and O–H groups in total. The fourth-order valence-corrected chi connectivity index (χ4v) is 4.55. The van der Waals surface area contributed by atoms with Gasteiger partial charge in [0.1, 0.15) is 6.10 Å². The van der Waals surface area contributed by atoms with E-state index in [1.54, 1.807) is 29.3 Å². The van der Waals surface area contributed by atoms with Crippen molar-refractivity contribution in [3.63, 3.8) is 0 Å². The highest BCUT2D eigenvalue weighted by Gasteiger charge is 2.52. The van der Waals surface area contributed by atoms with Crippen molar-refractivity contribution < 1.29 is 29.2 Å². The number of hydrogen-bond acceptors (Lipinski definition) is 8. The van der Waals surface area contributed by atoms with Gasteiger partial charge in [-0.05, 0) is 35.7 Å². The number of ether oxygens (including phenoxy) is 3. The van der Waals surface area contributed by atoms with Crippen LogP contribution in [-0.4, -0.2) is 71.3 Å². The number of aryl methyl sites for hydroxylation is 1. The van der Waals surface area contributed by atoms with Crippen molar-refractivity contribution in [1.82, 2.24) is 10.4 Å². The second-order valence-corrected chi connectivity index (χ2v) is 9.37. The summed E-state index contributed by atoms with van der Waals surface area (Å²) in [5.41, 5.74) is 4.84. The van der Waals surface area contributed by atoms with Crippen molar-refractivity contribution in [2.24, 2.45) is 0 Å². The summed E-state index contributed by atoms with van der Waals surface area (Å²) in [5, 5.41) is 32.3. The smallest absolute Gasteiger partial charge is 0.266 e. The second-order valence-electron chi connectivity index (χ2n) is 9.37. The first-order chi connectivity index (χ1) is 17.4. The van der Waals surface area contributed by atoms with E-state index in [9.17, 15) is 15.0 Å². The molecule has 4 atom stereocenters. The maximum absolute atomic E-state index is 13.6. The summed E-state index contributed by atoms with van der Waals surface area (Å²) in [6.07, 6.45) is -3.21. The molecule has 1 saturated carbocycles. The average molecular weight is 496 g/mol. The van der Waals surface area contributed by atoms with Gasteiger partial charge in [0.2, 0.25) is 0 Å². The van der Waals surface area contributed by atoms with Crippen LogP contribution in [0.2, 0.25) is 0 Å². The Morgan fingerprint density at radius 3 is 2.56 bits per heavy atom. The predicted molar refractivity (Wildman–Crippen MR) is 130 cm³/mol. The van der Waals surface area contributed by atoms with Crippen LogP contribution in [0.5, 0.6) is 0 Å². The van der Waals surface area contributed by atoms with Gasteiger partial charge >= 0.3 is 0 Å². The quantitative estimate of drug-likeness (QED) is 0.504. The van der Waals surface area contributed by atoms with Gasteiger partial charge in [0, 0.05) is 25.9 Å². The summed E-state index contributed by atoms with van der Waals surface area (Å²) in [7, 11) is 0. The third-order valence-corrected chi connectivity index (χ3v) is 6.84. The highest BCUT2D eigenvalue weighted by molar-refractivity contribution is 5.85. The number of nitriles is 1. The highest BCUT2D eigenvalue weighted by Crippen LogP contribution is 2.36. The number of aliphatic hydroxyl groups is 2. The van der Waals surface area contributed by atoms with Crippen LogP contribution in [-0.2, 0) is 32.2 Å². The largest absolute Gasteiger partial charge is 0.390 e. The molecule has 2 fully saturated rings. The summed E-state index contributed by atoms with van der Waals surface area (Å²) in [5.74, 6) is -0.379. The Labute approximate surface area is 211 Å². The lowest BCUT2D eigenvalue weighted by Gasteiger charge is -2.44. The molecule has 1 amide bonds. The van der Waals surface area contributed by atoms with Gasteiger partial charge in [0.05, 0.1) is 50.3 Å². The first-order valence-electron chi connectivity index (χ1n) is 12.2. The fourth-order valence-electron chi connectivity index (χ4n) is 4.55. The number of morpholine rings is 1. The van der Waals surface area contributed by atoms with Crippen LogP contribution in [0.1, 0.15) is 35.1 Å². The molecule has 1 aliphatic carbocycles. The molecule has 192 valence electrons. The fraction of sp³-hybridized carbons (Fsp3) is 0.481. The number of hydrogen-bond donors (Lipinski definition) is 3. The van der Waals surface area contributed by atoms with Gasteiger partial charge < -0.3 is 24.4 Å². The molecule has 1 aliphatic heterocycles. The normalized spacial score (nSPS) is 26.8. The second kappa shape index (κ2) is 11.9. The lowest BCUT2D eigenvalue weighted by molar-refractivity contribution is -0.203. The molecule has 1 unspecified atom stereocenters. The minimum absolute atomic E-state index is 0.0626. The number of nitrogens with one attached hydrogen (secondary N) is 1. The van der Waals surface area contributed by atoms with Gasteiger partial charge in [-0.1, -0.05) is 36.4 Å². The van der Waals surface area contributed by atoms with E-state index in [0.717, 1.165) is 16.7 Å². The first kappa shape index (κ1) is 26.2. The molecular formula is C27H33N3O6. The molecule has 0 spiro atoms. The number of rotatable bonds is 8. The predicted octanol–water partition coefficient (Wildman–Crippen LogP) is 1.59. The van der Waals surface area contributed by atoms with E-state index < -0.39 is 23.9 Å². The van der Waals surface area contributed by atoms with E-state index in [2.05, 4.69) is 11.5 Å². The zero-order valence-electron chi connectivity index (χ0n) is 20.4. The van der Waals surface area contributed by atoms with E-state index in [-0.39, 0.29) is 32.0 Å². The summed E-state index contributed by atoms with van der Waals surface area (Å²) in [4.78, 5) is 13.6. The Balaban J connectivity index is 1.53. The van der Waals surface area contributed by atoms with E-state index in [1.807, 2.05) is 31.2 Å². The summed E-state index contributed by atoms with van der Waals surface area (Å²) >= 11 is 0. The van der Waals surface area contributed by atoms with Crippen LogP contribution in [0.15, 0.2) is 48.5 Å². The third-order valence-electron chi connectivity index (χ3n) is 6.84. The average Bonchev–Trinajstić information content (AvgIpc) is 2.90. The Bertz CT molecular complexity index is 1070. The molecule has 9 nitrogen and oxygen atoms in total. The molecule has 1 saturated heterocycles. The third kappa shape index (κ3) is 6.28. The summed E-state index contributed by atoms with van der Waals surface area (Å²) in [6, 6.07) is 16.8. The van der Waals surface area contributed by atoms with Crippen LogP contribution in [0.3, 0.4) is 0 Å². The molecule has 0 aromatic heterocycles. The number of aliphatic hydroxyl groups excluding tert-OH is 2. The lowest BCUT2D eigenvalue weighted by atomic mass is 9.78. The van der Waals surface area contributed by atoms with Crippen molar-refractivity contribution in [1.29, 1.82) is 5.26 Å². The van der Waals surface area contributed by atoms with Gasteiger partial charge in [-0.15, -0.1) is 0 Å². The zero-order chi connectivity index (χ0) is 25.5. The monoisotopic (exact) mass is 495 g/mol. The van der Waals surface area contributed by atoms with Gasteiger partial charge in [-0.2, -0.15) is 5.26 Å². The standard InChI is InChI=1S/C27H33N3O6/c1-19-4-2-3-5-22(19)18-36-27(26(33)29-30-10-12-34-13-11-30)14-23(31)25(32)24(15-27)35-17-21-8-6-20(16-28)7-9-21/h2-9,23-25,31-32H,10-15,17-18H2,1H3,(H,29,33)/t23-,24?,25-,27+/m1/s1. The van der Waals surface area contributed by atoms with Crippen LogP contribution >= 0.6 is 0 Å².